The second-order valence-corrected chi connectivity index (χ2v) is 11.6. The van der Waals surface area contributed by atoms with Crippen LogP contribution in [0.5, 0.6) is 5.75 Å². The van der Waals surface area contributed by atoms with Crippen LogP contribution in [-0.4, -0.2) is 32.4 Å². The van der Waals surface area contributed by atoms with Gasteiger partial charge in [0.15, 0.2) is 19.9 Å². The highest BCUT2D eigenvalue weighted by Crippen LogP contribution is 2.37. The van der Waals surface area contributed by atoms with Gasteiger partial charge >= 0.3 is 0 Å². The average molecular weight is 377 g/mol. The number of Topliss-reactive ketones (excluding diaryl/α,β-unsaturated/α-hetero) is 1. The number of rotatable bonds is 8. The van der Waals surface area contributed by atoms with Crippen molar-refractivity contribution in [2.75, 3.05) is 13.2 Å². The summed E-state index contributed by atoms with van der Waals surface area (Å²) in [4.78, 5) is 11.8. The fourth-order valence-corrected chi connectivity index (χ4v) is 3.16. The lowest BCUT2D eigenvalue weighted by atomic mass is 10.0. The topological polar surface area (TPSA) is 55.8 Å². The average Bonchev–Trinajstić information content (AvgIpc) is 2.48. The van der Waals surface area contributed by atoms with Crippen molar-refractivity contribution < 1.29 is 23.5 Å². The Hall–Kier alpha value is -0.953. The third-order valence-electron chi connectivity index (χ3n) is 4.21. The van der Waals surface area contributed by atoms with Crippen molar-refractivity contribution in [1.82, 2.24) is 0 Å². The number of hydrogen-bond acceptors (Lipinski definition) is 4. The van der Waals surface area contributed by atoms with Crippen LogP contribution >= 0.6 is 11.6 Å². The Morgan fingerprint density at radius 2 is 2.00 bits per heavy atom. The number of aliphatic hydroxyl groups excluding tert-OH is 1. The highest BCUT2D eigenvalue weighted by molar-refractivity contribution is 6.72. The molecule has 1 atom stereocenters. The van der Waals surface area contributed by atoms with Crippen LogP contribution in [0.2, 0.25) is 23.7 Å². The van der Waals surface area contributed by atoms with Gasteiger partial charge in [0.2, 0.25) is 0 Å². The Morgan fingerprint density at radius 3 is 2.46 bits per heavy atom. The molecule has 4 nitrogen and oxygen atoms in total. The number of hydrogen-bond donors (Lipinski definition) is 1. The molecule has 0 fully saturated rings. The van der Waals surface area contributed by atoms with Gasteiger partial charge in [-0.1, -0.05) is 25.4 Å². The quantitative estimate of drug-likeness (QED) is 0.525. The smallest absolute Gasteiger partial charge is 0.189 e. The predicted molar refractivity (Wildman–Crippen MR) is 96.1 cm³/mol. The molecule has 1 N–H and O–H groups in total. The zero-order chi connectivity index (χ0) is 18.7. The van der Waals surface area contributed by atoms with E-state index in [4.69, 9.17) is 20.8 Å². The molecule has 24 heavy (non-hydrogen) atoms. The minimum Gasteiger partial charge on any atom is -0.493 e. The van der Waals surface area contributed by atoms with Crippen LogP contribution in [0, 0.1) is 5.82 Å². The van der Waals surface area contributed by atoms with E-state index in [0.717, 1.165) is 0 Å². The first-order valence-corrected chi connectivity index (χ1v) is 11.4. The molecule has 0 bridgehead atoms. The largest absolute Gasteiger partial charge is 0.493 e. The normalized spacial score (nSPS) is 13.2. The number of benzene rings is 1. The standard InChI is InChI=1S/C17H26ClFO4Si/c1-7-22-17-12(11(4)20)8-13(18)16(19)15(17)14(21)9-23-24(5,6)10(2)3/h8,10,14,21H,7,9H2,1-6H3. The molecule has 1 aromatic rings. The maximum absolute atomic E-state index is 14.5. The summed E-state index contributed by atoms with van der Waals surface area (Å²) in [7, 11) is -2.00. The van der Waals surface area contributed by atoms with Gasteiger partial charge in [0.05, 0.1) is 29.4 Å². The number of carbonyl (C=O) groups excluding carboxylic acids is 1. The Balaban J connectivity index is 3.27. The molecule has 0 aliphatic heterocycles. The third-order valence-corrected chi connectivity index (χ3v) is 8.18. The second-order valence-electron chi connectivity index (χ2n) is 6.54. The van der Waals surface area contributed by atoms with Crippen LogP contribution in [-0.2, 0) is 4.43 Å². The van der Waals surface area contributed by atoms with E-state index in [2.05, 4.69) is 13.8 Å². The highest BCUT2D eigenvalue weighted by Gasteiger charge is 2.31. The molecule has 0 spiro atoms. The molecule has 0 saturated heterocycles. The van der Waals surface area contributed by atoms with E-state index in [1.807, 2.05) is 13.1 Å². The van der Waals surface area contributed by atoms with Gasteiger partial charge in [-0.25, -0.2) is 4.39 Å². The van der Waals surface area contributed by atoms with Crippen molar-refractivity contribution in [1.29, 1.82) is 0 Å². The Labute approximate surface area is 149 Å². The molecule has 1 rings (SSSR count). The first-order valence-electron chi connectivity index (χ1n) is 8.00. The van der Waals surface area contributed by atoms with E-state index >= 15 is 0 Å². The molecule has 0 heterocycles. The molecule has 0 amide bonds. The number of halogens is 2. The molecule has 1 unspecified atom stereocenters. The van der Waals surface area contributed by atoms with Gasteiger partial charge in [-0.05, 0) is 38.5 Å². The van der Waals surface area contributed by atoms with Gasteiger partial charge in [0.25, 0.3) is 0 Å². The van der Waals surface area contributed by atoms with Gasteiger partial charge < -0.3 is 14.3 Å². The lowest BCUT2D eigenvalue weighted by Gasteiger charge is -2.29. The van der Waals surface area contributed by atoms with E-state index < -0.39 is 20.2 Å². The third kappa shape index (κ3) is 4.78. The Morgan fingerprint density at radius 1 is 1.42 bits per heavy atom. The zero-order valence-electron chi connectivity index (χ0n) is 15.1. The molecule has 0 saturated carbocycles. The van der Waals surface area contributed by atoms with Crippen molar-refractivity contribution in [2.24, 2.45) is 0 Å². The summed E-state index contributed by atoms with van der Waals surface area (Å²) in [6.45, 7) is 11.4. The fraction of sp³-hybridized carbons (Fsp3) is 0.588. The first-order chi connectivity index (χ1) is 11.0. The summed E-state index contributed by atoms with van der Waals surface area (Å²) in [5.74, 6) is -1.07. The molecule has 136 valence electrons. The minimum absolute atomic E-state index is 0.0343. The van der Waals surface area contributed by atoms with Crippen molar-refractivity contribution in [2.45, 2.75) is 52.4 Å². The van der Waals surface area contributed by atoms with Crippen LogP contribution in [0.25, 0.3) is 0 Å². The van der Waals surface area contributed by atoms with Crippen molar-refractivity contribution in [3.63, 3.8) is 0 Å². The first kappa shape index (κ1) is 21.1. The van der Waals surface area contributed by atoms with Gasteiger partial charge in [0.1, 0.15) is 11.9 Å². The van der Waals surface area contributed by atoms with E-state index in [0.29, 0.717) is 5.54 Å². The predicted octanol–water partition coefficient (Wildman–Crippen LogP) is 4.75. The molecule has 0 aliphatic rings. The van der Waals surface area contributed by atoms with E-state index in [9.17, 15) is 14.3 Å². The lowest BCUT2D eigenvalue weighted by Crippen LogP contribution is -2.35. The molecule has 0 radical (unpaired) electrons. The van der Waals surface area contributed by atoms with Gasteiger partial charge in [0, 0.05) is 0 Å². The number of ketones is 1. The maximum Gasteiger partial charge on any atom is 0.189 e. The number of ether oxygens (including phenoxy) is 1. The summed E-state index contributed by atoms with van der Waals surface area (Å²) in [6.07, 6.45) is -1.27. The lowest BCUT2D eigenvalue weighted by molar-refractivity contribution is 0.0948. The zero-order valence-corrected chi connectivity index (χ0v) is 16.8. The Bertz CT molecular complexity index is 605. The van der Waals surface area contributed by atoms with Gasteiger partial charge in [-0.2, -0.15) is 0 Å². The second kappa shape index (κ2) is 8.42. The van der Waals surface area contributed by atoms with E-state index in [1.54, 1.807) is 6.92 Å². The van der Waals surface area contributed by atoms with Crippen molar-refractivity contribution in [3.8, 4) is 5.75 Å². The highest BCUT2D eigenvalue weighted by atomic mass is 35.5. The van der Waals surface area contributed by atoms with Crippen molar-refractivity contribution in [3.05, 3.63) is 28.0 Å². The Kier molecular flexibility index (Phi) is 7.40. The van der Waals surface area contributed by atoms with Gasteiger partial charge in [-0.3, -0.25) is 4.79 Å². The molecule has 0 aromatic heterocycles. The summed E-state index contributed by atoms with van der Waals surface area (Å²) in [6, 6.07) is 1.23. The molecular weight excluding hydrogens is 351 g/mol. The van der Waals surface area contributed by atoms with Gasteiger partial charge in [-0.15, -0.1) is 0 Å². The van der Waals surface area contributed by atoms with E-state index in [-0.39, 0.29) is 40.9 Å². The molecule has 7 heteroatoms. The summed E-state index contributed by atoms with van der Waals surface area (Å²) in [5.41, 5.74) is 0.369. The molecule has 1 aromatic carbocycles. The monoisotopic (exact) mass is 376 g/mol. The summed E-state index contributed by atoms with van der Waals surface area (Å²) < 4.78 is 25.8. The van der Waals surface area contributed by atoms with E-state index in [1.165, 1.54) is 13.0 Å². The number of aliphatic hydroxyl groups is 1. The summed E-state index contributed by atoms with van der Waals surface area (Å²) >= 11 is 5.89. The molecule has 0 aliphatic carbocycles. The van der Waals surface area contributed by atoms with Crippen LogP contribution in [0.1, 0.15) is 49.7 Å². The van der Waals surface area contributed by atoms with Crippen LogP contribution < -0.4 is 4.74 Å². The fourth-order valence-electron chi connectivity index (χ4n) is 2.03. The van der Waals surface area contributed by atoms with Crippen molar-refractivity contribution >= 4 is 25.7 Å². The number of carbonyl (C=O) groups is 1. The summed E-state index contributed by atoms with van der Waals surface area (Å²) in [5, 5.41) is 10.3. The van der Waals surface area contributed by atoms with Crippen LogP contribution in [0.4, 0.5) is 4.39 Å². The van der Waals surface area contributed by atoms with Crippen LogP contribution in [0.15, 0.2) is 6.07 Å². The SMILES string of the molecule is CCOc1c(C(C)=O)cc(Cl)c(F)c1C(O)CO[Si](C)(C)C(C)C. The van der Waals surface area contributed by atoms with Crippen LogP contribution in [0.3, 0.4) is 0 Å². The molecular formula is C17H26ClFO4Si. The minimum atomic E-state index is -2.00. The maximum atomic E-state index is 14.5.